The Labute approximate surface area is 170 Å². The molecule has 8 heteroatoms. The Kier molecular flexibility index (Phi) is 6.40. The van der Waals surface area contributed by atoms with Crippen molar-refractivity contribution >= 4 is 34.2 Å². The van der Waals surface area contributed by atoms with Gasteiger partial charge in [-0.3, -0.25) is 19.8 Å². The van der Waals surface area contributed by atoms with Gasteiger partial charge in [0.1, 0.15) is 5.54 Å². The van der Waals surface area contributed by atoms with Gasteiger partial charge in [0.2, 0.25) is 5.91 Å². The highest BCUT2D eigenvalue weighted by Gasteiger charge is 2.51. The monoisotopic (exact) mass is 406 g/mol. The molecule has 2 aliphatic heterocycles. The number of urea groups is 1. The van der Waals surface area contributed by atoms with E-state index >= 15 is 0 Å². The number of likely N-dealkylation sites (tertiary alicyclic amines) is 1. The Balaban J connectivity index is 1.59. The summed E-state index contributed by atoms with van der Waals surface area (Å²) in [6.45, 7) is 8.42. The number of nitrogens with one attached hydrogen (secondary N) is 3. The van der Waals surface area contributed by atoms with Crippen LogP contribution in [0.5, 0.6) is 0 Å². The molecule has 2 aliphatic rings. The van der Waals surface area contributed by atoms with E-state index in [2.05, 4.69) is 40.8 Å². The van der Waals surface area contributed by atoms with E-state index in [0.29, 0.717) is 12.3 Å². The van der Waals surface area contributed by atoms with Crippen molar-refractivity contribution in [3.05, 3.63) is 17.0 Å². The van der Waals surface area contributed by atoms with Gasteiger partial charge in [0.15, 0.2) is 0 Å². The minimum Gasteiger partial charge on any atom is -0.323 e. The Morgan fingerprint density at radius 2 is 2.04 bits per heavy atom. The third-order valence-electron chi connectivity index (χ3n) is 5.71. The first-order chi connectivity index (χ1) is 13.3. The lowest BCUT2D eigenvalue weighted by atomic mass is 9.74. The number of anilines is 1. The van der Waals surface area contributed by atoms with Gasteiger partial charge in [-0.15, -0.1) is 11.3 Å². The van der Waals surface area contributed by atoms with Gasteiger partial charge in [-0.2, -0.15) is 0 Å². The molecular formula is C20H30N4O3S. The maximum Gasteiger partial charge on any atom is 0.322 e. The molecule has 2 saturated heterocycles. The van der Waals surface area contributed by atoms with Crippen LogP contribution in [0.3, 0.4) is 0 Å². The van der Waals surface area contributed by atoms with Crippen molar-refractivity contribution in [2.75, 3.05) is 18.4 Å². The first kappa shape index (κ1) is 20.8. The first-order valence-electron chi connectivity index (χ1n) is 10.0. The standard InChI is InChI=1S/C20H30N4O3S/c1-13(2)6-9-20(18(26)22-19(27)23-20)15-7-10-24(11-8-15)12-16-4-5-17(28-16)21-14(3)25/h4-5,13,15H,6-12H2,1-3H3,(H,21,25)(H2,22,23,26,27)/t20-/m1/s1. The van der Waals surface area contributed by atoms with Crippen LogP contribution >= 0.6 is 11.3 Å². The number of nitrogens with zero attached hydrogens (tertiary/aromatic N) is 1. The molecule has 1 aromatic rings. The van der Waals surface area contributed by atoms with E-state index in [1.54, 1.807) is 11.3 Å². The lowest BCUT2D eigenvalue weighted by molar-refractivity contribution is -0.127. The second-order valence-corrected chi connectivity index (χ2v) is 9.48. The summed E-state index contributed by atoms with van der Waals surface area (Å²) in [5.74, 6) is 0.429. The first-order valence-corrected chi connectivity index (χ1v) is 10.8. The smallest absolute Gasteiger partial charge is 0.322 e. The summed E-state index contributed by atoms with van der Waals surface area (Å²) in [7, 11) is 0. The van der Waals surface area contributed by atoms with Gasteiger partial charge in [0.25, 0.3) is 5.91 Å². The molecule has 0 spiro atoms. The number of hydrogen-bond donors (Lipinski definition) is 3. The maximum atomic E-state index is 12.6. The van der Waals surface area contributed by atoms with Gasteiger partial charge in [-0.25, -0.2) is 4.79 Å². The van der Waals surface area contributed by atoms with Crippen LogP contribution in [0.25, 0.3) is 0 Å². The summed E-state index contributed by atoms with van der Waals surface area (Å²) in [5.41, 5.74) is -0.755. The molecule has 0 radical (unpaired) electrons. The van der Waals surface area contributed by atoms with E-state index in [-0.39, 0.29) is 23.8 Å². The average molecular weight is 407 g/mol. The molecule has 154 valence electrons. The zero-order valence-electron chi connectivity index (χ0n) is 16.8. The highest BCUT2D eigenvalue weighted by molar-refractivity contribution is 7.16. The molecule has 2 fully saturated rings. The molecule has 0 aromatic carbocycles. The normalized spacial score (nSPS) is 23.7. The van der Waals surface area contributed by atoms with E-state index in [1.807, 2.05) is 6.07 Å². The van der Waals surface area contributed by atoms with Crippen molar-refractivity contribution in [2.24, 2.45) is 11.8 Å². The van der Waals surface area contributed by atoms with Crippen LogP contribution in [0.4, 0.5) is 9.80 Å². The SMILES string of the molecule is CC(=O)Nc1ccc(CN2CCC([C@@]3(CCC(C)C)NC(=O)NC3=O)CC2)s1. The summed E-state index contributed by atoms with van der Waals surface area (Å²) >= 11 is 1.60. The highest BCUT2D eigenvalue weighted by Crippen LogP contribution is 2.36. The Bertz CT molecular complexity index is 740. The van der Waals surface area contributed by atoms with Crippen molar-refractivity contribution in [1.29, 1.82) is 0 Å². The fourth-order valence-electron chi connectivity index (χ4n) is 4.20. The second-order valence-electron chi connectivity index (χ2n) is 8.31. The van der Waals surface area contributed by atoms with E-state index in [9.17, 15) is 14.4 Å². The van der Waals surface area contributed by atoms with Crippen LogP contribution in [0.1, 0.15) is 51.3 Å². The minimum atomic E-state index is -0.755. The average Bonchev–Trinajstić information content (AvgIpc) is 3.17. The van der Waals surface area contributed by atoms with E-state index in [1.165, 1.54) is 11.8 Å². The van der Waals surface area contributed by atoms with Crippen LogP contribution in [0.2, 0.25) is 0 Å². The number of piperidine rings is 1. The van der Waals surface area contributed by atoms with E-state index in [0.717, 1.165) is 43.9 Å². The third-order valence-corrected chi connectivity index (χ3v) is 6.70. The van der Waals surface area contributed by atoms with Gasteiger partial charge >= 0.3 is 6.03 Å². The number of carbonyl (C=O) groups is 3. The zero-order valence-corrected chi connectivity index (χ0v) is 17.7. The predicted octanol–water partition coefficient (Wildman–Crippen LogP) is 2.93. The molecule has 4 amide bonds. The summed E-state index contributed by atoms with van der Waals surface area (Å²) in [6.07, 6.45) is 3.37. The van der Waals surface area contributed by atoms with Gasteiger partial charge in [-0.05, 0) is 62.7 Å². The molecule has 7 nitrogen and oxygen atoms in total. The summed E-state index contributed by atoms with van der Waals surface area (Å²) in [6, 6.07) is 3.63. The van der Waals surface area contributed by atoms with Crippen molar-refractivity contribution in [3.63, 3.8) is 0 Å². The molecular weight excluding hydrogens is 376 g/mol. The lowest BCUT2D eigenvalue weighted by Crippen LogP contribution is -2.56. The quantitative estimate of drug-likeness (QED) is 0.607. The molecule has 1 atom stereocenters. The van der Waals surface area contributed by atoms with Gasteiger partial charge < -0.3 is 10.6 Å². The minimum absolute atomic E-state index is 0.0576. The number of thiophene rings is 1. The number of imide groups is 1. The second kappa shape index (κ2) is 8.61. The molecule has 28 heavy (non-hydrogen) atoms. The topological polar surface area (TPSA) is 90.5 Å². The van der Waals surface area contributed by atoms with Crippen molar-refractivity contribution < 1.29 is 14.4 Å². The number of amides is 4. The van der Waals surface area contributed by atoms with Crippen LogP contribution < -0.4 is 16.0 Å². The fraction of sp³-hybridized carbons (Fsp3) is 0.650. The molecule has 0 saturated carbocycles. The molecule has 0 bridgehead atoms. The largest absolute Gasteiger partial charge is 0.323 e. The third kappa shape index (κ3) is 4.72. The summed E-state index contributed by atoms with van der Waals surface area (Å²) < 4.78 is 0. The zero-order chi connectivity index (χ0) is 20.3. The van der Waals surface area contributed by atoms with Crippen molar-refractivity contribution in [2.45, 2.75) is 58.5 Å². The molecule has 3 heterocycles. The number of carbonyl (C=O) groups excluding carboxylic acids is 3. The van der Waals surface area contributed by atoms with Crippen molar-refractivity contribution in [1.82, 2.24) is 15.5 Å². The van der Waals surface area contributed by atoms with E-state index < -0.39 is 5.54 Å². The van der Waals surface area contributed by atoms with Gasteiger partial charge in [0.05, 0.1) is 5.00 Å². The number of hydrogen-bond acceptors (Lipinski definition) is 5. The van der Waals surface area contributed by atoms with Crippen LogP contribution in [-0.4, -0.2) is 41.4 Å². The predicted molar refractivity (Wildman–Crippen MR) is 110 cm³/mol. The Morgan fingerprint density at radius 1 is 1.32 bits per heavy atom. The van der Waals surface area contributed by atoms with Gasteiger partial charge in [0, 0.05) is 18.3 Å². The molecule has 0 unspecified atom stereocenters. The summed E-state index contributed by atoms with van der Waals surface area (Å²) in [5, 5.41) is 9.13. The van der Waals surface area contributed by atoms with Crippen LogP contribution in [0.15, 0.2) is 12.1 Å². The molecule has 3 N–H and O–H groups in total. The fourth-order valence-corrected chi connectivity index (χ4v) is 5.19. The maximum absolute atomic E-state index is 12.6. The van der Waals surface area contributed by atoms with Crippen molar-refractivity contribution in [3.8, 4) is 0 Å². The van der Waals surface area contributed by atoms with Crippen LogP contribution in [0, 0.1) is 11.8 Å². The Hall–Kier alpha value is -1.93. The molecule has 1 aromatic heterocycles. The molecule has 0 aliphatic carbocycles. The summed E-state index contributed by atoms with van der Waals surface area (Å²) in [4.78, 5) is 39.3. The van der Waals surface area contributed by atoms with Crippen LogP contribution in [-0.2, 0) is 16.1 Å². The highest BCUT2D eigenvalue weighted by atomic mass is 32.1. The Morgan fingerprint density at radius 3 is 2.61 bits per heavy atom. The molecule has 3 rings (SSSR count). The van der Waals surface area contributed by atoms with E-state index in [4.69, 9.17) is 0 Å². The van der Waals surface area contributed by atoms with Gasteiger partial charge in [-0.1, -0.05) is 13.8 Å². The lowest BCUT2D eigenvalue weighted by Gasteiger charge is -2.41. The number of rotatable bonds is 7.